The van der Waals surface area contributed by atoms with Crippen molar-refractivity contribution in [2.24, 2.45) is 5.92 Å². The van der Waals surface area contributed by atoms with Gasteiger partial charge in [0.1, 0.15) is 0 Å². The molecule has 1 fully saturated rings. The zero-order chi connectivity index (χ0) is 11.7. The van der Waals surface area contributed by atoms with Crippen molar-refractivity contribution in [2.45, 2.75) is 26.3 Å². The minimum Gasteiger partial charge on any atom is -0.369 e. The van der Waals surface area contributed by atoms with E-state index in [1.54, 1.807) is 12.1 Å². The van der Waals surface area contributed by atoms with E-state index in [4.69, 9.17) is 0 Å². The molecule has 1 heterocycles. The third-order valence-corrected chi connectivity index (χ3v) is 3.53. The Labute approximate surface area is 95.0 Å². The van der Waals surface area contributed by atoms with Crippen molar-refractivity contribution < 1.29 is 4.92 Å². The zero-order valence-corrected chi connectivity index (χ0v) is 9.59. The van der Waals surface area contributed by atoms with E-state index in [2.05, 4.69) is 18.7 Å². The molecule has 2 unspecified atom stereocenters. The minimum atomic E-state index is -0.361. The van der Waals surface area contributed by atoms with Gasteiger partial charge in [-0.2, -0.15) is 0 Å². The number of hydrogen-bond donors (Lipinski definition) is 0. The highest BCUT2D eigenvalue weighted by atomic mass is 16.6. The molecule has 4 nitrogen and oxygen atoms in total. The summed E-state index contributed by atoms with van der Waals surface area (Å²) in [6.45, 7) is 5.50. The molecule has 0 aliphatic carbocycles. The van der Waals surface area contributed by atoms with Gasteiger partial charge in [-0.05, 0) is 31.4 Å². The van der Waals surface area contributed by atoms with Gasteiger partial charge >= 0.3 is 0 Å². The summed E-state index contributed by atoms with van der Waals surface area (Å²) in [7, 11) is 0. The van der Waals surface area contributed by atoms with Crippen LogP contribution in [-0.2, 0) is 0 Å². The van der Waals surface area contributed by atoms with Gasteiger partial charge in [0.05, 0.1) is 4.92 Å². The first kappa shape index (κ1) is 10.9. The second-order valence-corrected chi connectivity index (χ2v) is 4.47. The molecule has 1 aromatic rings. The van der Waals surface area contributed by atoms with E-state index in [9.17, 15) is 10.1 Å². The summed E-state index contributed by atoms with van der Waals surface area (Å²) in [5.41, 5.74) is 1.24. The van der Waals surface area contributed by atoms with Crippen LogP contribution in [-0.4, -0.2) is 17.5 Å². The Kier molecular flexibility index (Phi) is 2.81. The quantitative estimate of drug-likeness (QED) is 0.568. The van der Waals surface area contributed by atoms with Crippen LogP contribution in [0.15, 0.2) is 24.3 Å². The van der Waals surface area contributed by atoms with Gasteiger partial charge in [0, 0.05) is 30.4 Å². The van der Waals surface area contributed by atoms with E-state index in [0.717, 1.165) is 12.2 Å². The molecule has 0 radical (unpaired) electrons. The molecule has 1 aliphatic rings. The van der Waals surface area contributed by atoms with Crippen LogP contribution in [0, 0.1) is 16.0 Å². The van der Waals surface area contributed by atoms with Crippen molar-refractivity contribution in [3.05, 3.63) is 34.4 Å². The van der Waals surface area contributed by atoms with Gasteiger partial charge < -0.3 is 4.90 Å². The van der Waals surface area contributed by atoms with Gasteiger partial charge in [0.2, 0.25) is 0 Å². The summed E-state index contributed by atoms with van der Waals surface area (Å²) in [5, 5.41) is 10.5. The lowest BCUT2D eigenvalue weighted by atomic mass is 10.1. The van der Waals surface area contributed by atoms with Crippen LogP contribution < -0.4 is 4.90 Å². The molecule has 2 atom stereocenters. The zero-order valence-electron chi connectivity index (χ0n) is 9.59. The fraction of sp³-hybridized carbons (Fsp3) is 0.500. The number of benzene rings is 1. The molecule has 0 saturated carbocycles. The highest BCUT2D eigenvalue weighted by Gasteiger charge is 2.27. The second-order valence-electron chi connectivity index (χ2n) is 4.47. The topological polar surface area (TPSA) is 46.4 Å². The fourth-order valence-electron chi connectivity index (χ4n) is 2.22. The van der Waals surface area contributed by atoms with E-state index in [0.29, 0.717) is 12.0 Å². The van der Waals surface area contributed by atoms with Crippen LogP contribution in [0.3, 0.4) is 0 Å². The Morgan fingerprint density at radius 1 is 1.31 bits per heavy atom. The molecular weight excluding hydrogens is 204 g/mol. The molecule has 86 valence electrons. The lowest BCUT2D eigenvalue weighted by Crippen LogP contribution is -2.28. The maximum atomic E-state index is 10.5. The van der Waals surface area contributed by atoms with E-state index in [-0.39, 0.29) is 10.6 Å². The molecular formula is C12H16N2O2. The van der Waals surface area contributed by atoms with Crippen molar-refractivity contribution >= 4 is 11.4 Å². The van der Waals surface area contributed by atoms with Gasteiger partial charge in [-0.3, -0.25) is 10.1 Å². The number of nitro benzene ring substituents is 1. The Balaban J connectivity index is 2.19. The largest absolute Gasteiger partial charge is 0.369 e. The SMILES string of the molecule is CC1CCN(c2ccc([N+](=O)[O-])cc2)C1C. The van der Waals surface area contributed by atoms with Gasteiger partial charge in [0.15, 0.2) is 0 Å². The average molecular weight is 220 g/mol. The Morgan fingerprint density at radius 3 is 2.38 bits per heavy atom. The number of rotatable bonds is 2. The lowest BCUT2D eigenvalue weighted by molar-refractivity contribution is -0.384. The summed E-state index contributed by atoms with van der Waals surface area (Å²) < 4.78 is 0. The van der Waals surface area contributed by atoms with Gasteiger partial charge in [0.25, 0.3) is 5.69 Å². The third-order valence-electron chi connectivity index (χ3n) is 3.53. The van der Waals surface area contributed by atoms with Gasteiger partial charge in [-0.25, -0.2) is 0 Å². The smallest absolute Gasteiger partial charge is 0.269 e. The minimum absolute atomic E-state index is 0.156. The second kappa shape index (κ2) is 4.12. The summed E-state index contributed by atoms with van der Waals surface area (Å²) in [5.74, 6) is 0.690. The maximum absolute atomic E-state index is 10.5. The number of hydrogen-bond acceptors (Lipinski definition) is 3. The normalized spacial score (nSPS) is 24.8. The van der Waals surface area contributed by atoms with E-state index in [1.807, 2.05) is 12.1 Å². The van der Waals surface area contributed by atoms with Crippen molar-refractivity contribution in [1.29, 1.82) is 0 Å². The average Bonchev–Trinajstić information content (AvgIpc) is 2.60. The molecule has 0 N–H and O–H groups in total. The van der Waals surface area contributed by atoms with Crippen molar-refractivity contribution in [1.82, 2.24) is 0 Å². The van der Waals surface area contributed by atoms with Crippen molar-refractivity contribution in [3.63, 3.8) is 0 Å². The van der Waals surface area contributed by atoms with Crippen LogP contribution in [0.4, 0.5) is 11.4 Å². The predicted octanol–water partition coefficient (Wildman–Crippen LogP) is 2.83. The third kappa shape index (κ3) is 1.87. The van der Waals surface area contributed by atoms with Crippen LogP contribution in [0.5, 0.6) is 0 Å². The van der Waals surface area contributed by atoms with E-state index >= 15 is 0 Å². The summed E-state index contributed by atoms with van der Waals surface area (Å²) in [6, 6.07) is 7.34. The van der Waals surface area contributed by atoms with E-state index < -0.39 is 0 Å². The van der Waals surface area contributed by atoms with Gasteiger partial charge in [-0.15, -0.1) is 0 Å². The molecule has 2 rings (SSSR count). The molecule has 16 heavy (non-hydrogen) atoms. The Hall–Kier alpha value is -1.58. The predicted molar refractivity (Wildman–Crippen MR) is 63.7 cm³/mol. The molecule has 0 aromatic heterocycles. The highest BCUT2D eigenvalue weighted by Crippen LogP contribution is 2.30. The standard InChI is InChI=1S/C12H16N2O2/c1-9-7-8-13(10(9)2)11-3-5-12(6-4-11)14(15)16/h3-6,9-10H,7-8H2,1-2H3. The van der Waals surface area contributed by atoms with E-state index in [1.165, 1.54) is 6.42 Å². The number of anilines is 1. The molecule has 0 amide bonds. The Morgan fingerprint density at radius 2 is 1.94 bits per heavy atom. The maximum Gasteiger partial charge on any atom is 0.269 e. The summed E-state index contributed by atoms with van der Waals surface area (Å²) >= 11 is 0. The molecule has 1 aliphatic heterocycles. The summed E-state index contributed by atoms with van der Waals surface area (Å²) in [6.07, 6.45) is 1.19. The number of nitro groups is 1. The first-order chi connectivity index (χ1) is 7.59. The molecule has 0 spiro atoms. The van der Waals surface area contributed by atoms with Crippen LogP contribution in [0.2, 0.25) is 0 Å². The molecule has 4 heteroatoms. The molecule has 0 bridgehead atoms. The van der Waals surface area contributed by atoms with Crippen molar-refractivity contribution in [3.8, 4) is 0 Å². The molecule has 1 aromatic carbocycles. The number of nitrogens with zero attached hydrogens (tertiary/aromatic N) is 2. The fourth-order valence-corrected chi connectivity index (χ4v) is 2.22. The monoisotopic (exact) mass is 220 g/mol. The Bertz CT molecular complexity index is 389. The summed E-state index contributed by atoms with van der Waals surface area (Å²) in [4.78, 5) is 12.5. The van der Waals surface area contributed by atoms with Crippen molar-refractivity contribution in [2.75, 3.05) is 11.4 Å². The van der Waals surface area contributed by atoms with Crippen LogP contribution in [0.25, 0.3) is 0 Å². The number of non-ortho nitro benzene ring substituents is 1. The van der Waals surface area contributed by atoms with Gasteiger partial charge in [-0.1, -0.05) is 6.92 Å². The van der Waals surface area contributed by atoms with Crippen LogP contribution in [0.1, 0.15) is 20.3 Å². The highest BCUT2D eigenvalue weighted by molar-refractivity contribution is 5.52. The first-order valence-electron chi connectivity index (χ1n) is 5.60. The van der Waals surface area contributed by atoms with Crippen LogP contribution >= 0.6 is 0 Å². The lowest BCUT2D eigenvalue weighted by Gasteiger charge is -2.25. The molecule has 1 saturated heterocycles. The first-order valence-corrected chi connectivity index (χ1v) is 5.60.